The van der Waals surface area contributed by atoms with Crippen LogP contribution in [0, 0.1) is 20.8 Å². The first-order chi connectivity index (χ1) is 16.9. The molecule has 1 saturated heterocycles. The van der Waals surface area contributed by atoms with Crippen LogP contribution >= 0.6 is 0 Å². The molecule has 0 N–H and O–H groups in total. The maximum atomic E-state index is 13.4. The molecule has 1 unspecified atom stereocenters. The molecule has 0 bridgehead atoms. The molecule has 2 amide bonds. The molecule has 3 aromatic rings. The van der Waals surface area contributed by atoms with E-state index in [0.29, 0.717) is 43.6 Å². The lowest BCUT2D eigenvalue weighted by molar-refractivity contribution is -0.142. The van der Waals surface area contributed by atoms with Crippen molar-refractivity contribution >= 4 is 23.6 Å². The maximum absolute atomic E-state index is 13.4. The number of morpholine rings is 1. The Morgan fingerprint density at radius 2 is 1.86 bits per heavy atom. The van der Waals surface area contributed by atoms with E-state index in [4.69, 9.17) is 14.0 Å². The third kappa shape index (κ3) is 4.46. The van der Waals surface area contributed by atoms with Crippen molar-refractivity contribution in [2.75, 3.05) is 37.7 Å². The van der Waals surface area contributed by atoms with E-state index in [1.165, 1.54) is 0 Å². The number of carbonyl (C=O) groups is 2. The van der Waals surface area contributed by atoms with Crippen LogP contribution in [-0.2, 0) is 14.3 Å². The number of fused-ring (bicyclic) bond motifs is 1. The zero-order valence-corrected chi connectivity index (χ0v) is 20.1. The van der Waals surface area contributed by atoms with Crippen molar-refractivity contribution in [1.82, 2.24) is 14.6 Å². The van der Waals surface area contributed by atoms with Crippen molar-refractivity contribution in [1.29, 1.82) is 0 Å². The number of rotatable bonds is 4. The average Bonchev–Trinajstić information content (AvgIpc) is 3.42. The van der Waals surface area contributed by atoms with Crippen LogP contribution in [0.5, 0.6) is 5.75 Å². The predicted octanol–water partition coefficient (Wildman–Crippen LogP) is 3.06. The molecule has 1 aromatic carbocycles. The summed E-state index contributed by atoms with van der Waals surface area (Å²) in [5.41, 5.74) is 3.48. The highest BCUT2D eigenvalue weighted by Gasteiger charge is 2.35. The molecular formula is C26H28N4O5. The van der Waals surface area contributed by atoms with Gasteiger partial charge in [0.15, 0.2) is 11.9 Å². The molecule has 2 aromatic heterocycles. The Hall–Kier alpha value is -3.85. The Bertz CT molecular complexity index is 1280. The standard InChI is InChI=1S/C26H28N4O5/c1-17-14-20(19(3)30(17)24-15-18(2)35-27-24)8-9-25(31)29-16-23(26(32)28-10-12-33-13-11-28)34-22-7-5-4-6-21(22)29/h4-9,14-15,23H,10-13,16H2,1-3H3. The molecule has 1 fully saturated rings. The monoisotopic (exact) mass is 476 g/mol. The number of hydrogen-bond acceptors (Lipinski definition) is 6. The summed E-state index contributed by atoms with van der Waals surface area (Å²) >= 11 is 0. The molecule has 9 heteroatoms. The van der Waals surface area contributed by atoms with Crippen molar-refractivity contribution in [3.05, 3.63) is 65.2 Å². The Kier molecular flexibility index (Phi) is 6.17. The van der Waals surface area contributed by atoms with Crippen molar-refractivity contribution in [2.24, 2.45) is 0 Å². The molecular weight excluding hydrogens is 448 g/mol. The van der Waals surface area contributed by atoms with Crippen LogP contribution in [0.15, 0.2) is 47.0 Å². The number of amides is 2. The lowest BCUT2D eigenvalue weighted by Crippen LogP contribution is -2.53. The number of aryl methyl sites for hydroxylation is 2. The van der Waals surface area contributed by atoms with E-state index < -0.39 is 6.10 Å². The van der Waals surface area contributed by atoms with Crippen LogP contribution in [0.2, 0.25) is 0 Å². The average molecular weight is 477 g/mol. The summed E-state index contributed by atoms with van der Waals surface area (Å²) in [4.78, 5) is 29.8. The molecule has 0 aliphatic carbocycles. The number of anilines is 1. The second-order valence-electron chi connectivity index (χ2n) is 8.75. The number of ether oxygens (including phenoxy) is 2. The molecule has 4 heterocycles. The normalized spacial score (nSPS) is 18.0. The quantitative estimate of drug-likeness (QED) is 0.538. The topological polar surface area (TPSA) is 90.0 Å². The van der Waals surface area contributed by atoms with E-state index >= 15 is 0 Å². The van der Waals surface area contributed by atoms with Crippen LogP contribution in [0.3, 0.4) is 0 Å². The Balaban J connectivity index is 1.39. The highest BCUT2D eigenvalue weighted by atomic mass is 16.5. The second kappa shape index (κ2) is 9.42. The number of aromatic nitrogens is 2. The van der Waals surface area contributed by atoms with Crippen LogP contribution in [0.4, 0.5) is 5.69 Å². The highest BCUT2D eigenvalue weighted by molar-refractivity contribution is 6.06. The van der Waals surface area contributed by atoms with E-state index in [1.54, 1.807) is 28.0 Å². The van der Waals surface area contributed by atoms with E-state index in [0.717, 1.165) is 22.7 Å². The van der Waals surface area contributed by atoms with Crippen molar-refractivity contribution in [3.63, 3.8) is 0 Å². The van der Waals surface area contributed by atoms with Gasteiger partial charge in [-0.25, -0.2) is 0 Å². The molecule has 1 atom stereocenters. The van der Waals surface area contributed by atoms with Gasteiger partial charge in [0.25, 0.3) is 11.8 Å². The van der Waals surface area contributed by atoms with Gasteiger partial charge in [-0.05, 0) is 50.6 Å². The Labute approximate surface area is 203 Å². The first-order valence-corrected chi connectivity index (χ1v) is 11.7. The third-order valence-corrected chi connectivity index (χ3v) is 6.36. The number of hydrogen-bond donors (Lipinski definition) is 0. The van der Waals surface area contributed by atoms with Crippen molar-refractivity contribution in [2.45, 2.75) is 26.9 Å². The largest absolute Gasteiger partial charge is 0.476 e. The first kappa shape index (κ1) is 22.9. The molecule has 0 spiro atoms. The van der Waals surface area contributed by atoms with E-state index in [1.807, 2.05) is 55.7 Å². The fraction of sp³-hybridized carbons (Fsp3) is 0.346. The smallest absolute Gasteiger partial charge is 0.265 e. The Morgan fingerprint density at radius 1 is 1.09 bits per heavy atom. The summed E-state index contributed by atoms with van der Waals surface area (Å²) in [5.74, 6) is 1.60. The number of para-hydroxylation sites is 2. The molecule has 182 valence electrons. The molecule has 0 radical (unpaired) electrons. The van der Waals surface area contributed by atoms with E-state index in [-0.39, 0.29) is 18.4 Å². The van der Waals surface area contributed by atoms with Crippen LogP contribution in [-0.4, -0.2) is 65.4 Å². The summed E-state index contributed by atoms with van der Waals surface area (Å²) in [6.45, 7) is 8.01. The second-order valence-corrected chi connectivity index (χ2v) is 8.75. The first-order valence-electron chi connectivity index (χ1n) is 11.7. The third-order valence-electron chi connectivity index (χ3n) is 6.36. The predicted molar refractivity (Wildman–Crippen MR) is 130 cm³/mol. The maximum Gasteiger partial charge on any atom is 0.265 e. The molecule has 35 heavy (non-hydrogen) atoms. The van der Waals surface area contributed by atoms with Gasteiger partial charge >= 0.3 is 0 Å². The number of nitrogens with zero attached hydrogens (tertiary/aromatic N) is 4. The molecule has 9 nitrogen and oxygen atoms in total. The molecule has 0 saturated carbocycles. The summed E-state index contributed by atoms with van der Waals surface area (Å²) in [7, 11) is 0. The van der Waals surface area contributed by atoms with Gasteiger partial charge in [-0.15, -0.1) is 0 Å². The van der Waals surface area contributed by atoms with Gasteiger partial charge in [0, 0.05) is 36.6 Å². The fourth-order valence-corrected chi connectivity index (χ4v) is 4.58. The minimum Gasteiger partial charge on any atom is -0.476 e. The van der Waals surface area contributed by atoms with Crippen molar-refractivity contribution < 1.29 is 23.6 Å². The lowest BCUT2D eigenvalue weighted by atomic mass is 10.1. The lowest BCUT2D eigenvalue weighted by Gasteiger charge is -2.37. The summed E-state index contributed by atoms with van der Waals surface area (Å²) in [6, 6.07) is 11.2. The molecule has 5 rings (SSSR count). The SMILES string of the molecule is Cc1cc(-n2c(C)cc(C=CC(=O)N3CC(C(=O)N4CCOCC4)Oc4ccccc43)c2C)no1. The van der Waals surface area contributed by atoms with Gasteiger partial charge in [-0.1, -0.05) is 17.3 Å². The zero-order valence-electron chi connectivity index (χ0n) is 20.1. The zero-order chi connectivity index (χ0) is 24.5. The van der Waals surface area contributed by atoms with Gasteiger partial charge in [0.05, 0.1) is 25.4 Å². The minimum atomic E-state index is -0.763. The van der Waals surface area contributed by atoms with E-state index in [9.17, 15) is 9.59 Å². The van der Waals surface area contributed by atoms with Gasteiger partial charge in [-0.3, -0.25) is 14.2 Å². The molecule has 2 aliphatic rings. The van der Waals surface area contributed by atoms with Gasteiger partial charge < -0.3 is 23.8 Å². The summed E-state index contributed by atoms with van der Waals surface area (Å²) in [6.07, 6.45) is 2.57. The van der Waals surface area contributed by atoms with Crippen molar-refractivity contribution in [3.8, 4) is 11.6 Å². The van der Waals surface area contributed by atoms with Crippen LogP contribution < -0.4 is 9.64 Å². The van der Waals surface area contributed by atoms with Crippen LogP contribution in [0.25, 0.3) is 11.9 Å². The number of carbonyl (C=O) groups excluding carboxylic acids is 2. The summed E-state index contributed by atoms with van der Waals surface area (Å²) in [5, 5.41) is 4.11. The Morgan fingerprint density at radius 3 is 2.60 bits per heavy atom. The van der Waals surface area contributed by atoms with Gasteiger partial charge in [0.2, 0.25) is 0 Å². The van der Waals surface area contributed by atoms with Gasteiger partial charge in [-0.2, -0.15) is 0 Å². The van der Waals surface area contributed by atoms with E-state index in [2.05, 4.69) is 5.16 Å². The summed E-state index contributed by atoms with van der Waals surface area (Å²) < 4.78 is 18.6. The number of benzene rings is 1. The fourth-order valence-electron chi connectivity index (χ4n) is 4.58. The minimum absolute atomic E-state index is 0.129. The van der Waals surface area contributed by atoms with Crippen LogP contribution in [0.1, 0.15) is 22.7 Å². The van der Waals surface area contributed by atoms with Gasteiger partial charge in [0.1, 0.15) is 11.5 Å². The highest BCUT2D eigenvalue weighted by Crippen LogP contribution is 2.34. The molecule has 2 aliphatic heterocycles.